The van der Waals surface area contributed by atoms with E-state index < -0.39 is 0 Å². The molecular weight excluding hydrogens is 645 g/mol. The fourth-order valence-corrected chi connectivity index (χ4v) is 7.58. The Bertz CT molecular complexity index is 1780. The van der Waals surface area contributed by atoms with Crippen molar-refractivity contribution >= 4 is 34.1 Å². The van der Waals surface area contributed by atoms with Gasteiger partial charge in [-0.1, -0.05) is 43.5 Å². The van der Waals surface area contributed by atoms with Gasteiger partial charge in [0.25, 0.3) is 0 Å². The predicted octanol–water partition coefficient (Wildman–Crippen LogP) is 11.9. The van der Waals surface area contributed by atoms with Gasteiger partial charge in [-0.05, 0) is 145 Å². The maximum Gasteiger partial charge on any atom is 0.119 e. The lowest BCUT2D eigenvalue weighted by molar-refractivity contribution is 0.346. The number of hydrogen-bond donors (Lipinski definition) is 0. The van der Waals surface area contributed by atoms with Crippen LogP contribution in [-0.2, 0) is 5.41 Å². The average Bonchev–Trinajstić information content (AvgIpc) is 3.23. The molecule has 1 aliphatic rings. The molecule has 264 valence electrons. The van der Waals surface area contributed by atoms with Crippen LogP contribution in [0.5, 0.6) is 23.0 Å². The molecular formula is C46H46N2O4. The Morgan fingerprint density at radius 1 is 0.327 bits per heavy atom. The van der Waals surface area contributed by atoms with E-state index in [0.717, 1.165) is 70.0 Å². The minimum atomic E-state index is -0.0641. The van der Waals surface area contributed by atoms with E-state index in [1.807, 2.05) is 48.5 Å². The molecule has 6 aromatic carbocycles. The maximum absolute atomic E-state index is 5.46. The zero-order valence-electron chi connectivity index (χ0n) is 30.4. The Morgan fingerprint density at radius 2 is 0.558 bits per heavy atom. The number of methoxy groups -OCH3 is 4. The first-order chi connectivity index (χ1) is 25.5. The van der Waals surface area contributed by atoms with E-state index in [-0.39, 0.29) is 5.41 Å². The summed E-state index contributed by atoms with van der Waals surface area (Å²) in [5, 5.41) is 0. The maximum atomic E-state index is 5.46. The molecule has 52 heavy (non-hydrogen) atoms. The van der Waals surface area contributed by atoms with Crippen LogP contribution in [0.4, 0.5) is 34.1 Å². The molecule has 0 aliphatic heterocycles. The summed E-state index contributed by atoms with van der Waals surface area (Å²) >= 11 is 0. The second-order valence-corrected chi connectivity index (χ2v) is 13.2. The van der Waals surface area contributed by atoms with E-state index in [1.165, 1.54) is 30.4 Å². The van der Waals surface area contributed by atoms with E-state index in [0.29, 0.717) is 0 Å². The van der Waals surface area contributed by atoms with Crippen LogP contribution in [0, 0.1) is 0 Å². The molecule has 0 radical (unpaired) electrons. The summed E-state index contributed by atoms with van der Waals surface area (Å²) in [4.78, 5) is 4.55. The zero-order valence-corrected chi connectivity index (χ0v) is 30.4. The first-order valence-electron chi connectivity index (χ1n) is 17.9. The average molecular weight is 691 g/mol. The molecule has 6 aromatic rings. The number of benzene rings is 6. The Kier molecular flexibility index (Phi) is 10.3. The van der Waals surface area contributed by atoms with E-state index in [1.54, 1.807) is 28.4 Å². The van der Waals surface area contributed by atoms with Crippen molar-refractivity contribution in [1.29, 1.82) is 0 Å². The fourth-order valence-electron chi connectivity index (χ4n) is 7.58. The zero-order chi connectivity index (χ0) is 35.9. The van der Waals surface area contributed by atoms with Gasteiger partial charge in [-0.15, -0.1) is 0 Å². The van der Waals surface area contributed by atoms with Crippen LogP contribution in [0.3, 0.4) is 0 Å². The smallest absolute Gasteiger partial charge is 0.119 e. The molecule has 0 spiro atoms. The largest absolute Gasteiger partial charge is 0.497 e. The summed E-state index contributed by atoms with van der Waals surface area (Å²) in [7, 11) is 6.78. The predicted molar refractivity (Wildman–Crippen MR) is 212 cm³/mol. The summed E-state index contributed by atoms with van der Waals surface area (Å²) in [6, 6.07) is 51.3. The van der Waals surface area contributed by atoms with E-state index in [9.17, 15) is 0 Å². The van der Waals surface area contributed by atoms with Crippen molar-refractivity contribution in [2.75, 3.05) is 38.2 Å². The highest BCUT2D eigenvalue weighted by atomic mass is 16.5. The van der Waals surface area contributed by atoms with Crippen molar-refractivity contribution in [3.05, 3.63) is 157 Å². The van der Waals surface area contributed by atoms with E-state index >= 15 is 0 Å². The molecule has 0 unspecified atom stereocenters. The molecule has 0 N–H and O–H groups in total. The number of nitrogens with zero attached hydrogens (tertiary/aromatic N) is 2. The van der Waals surface area contributed by atoms with Crippen molar-refractivity contribution in [3.8, 4) is 23.0 Å². The van der Waals surface area contributed by atoms with E-state index in [4.69, 9.17) is 18.9 Å². The second-order valence-electron chi connectivity index (χ2n) is 13.2. The van der Waals surface area contributed by atoms with E-state index in [2.05, 4.69) is 107 Å². The van der Waals surface area contributed by atoms with Gasteiger partial charge < -0.3 is 28.7 Å². The van der Waals surface area contributed by atoms with Crippen molar-refractivity contribution in [2.45, 2.75) is 37.5 Å². The minimum absolute atomic E-state index is 0.0641. The number of rotatable bonds is 12. The van der Waals surface area contributed by atoms with Gasteiger partial charge in [0.05, 0.1) is 28.4 Å². The molecule has 0 amide bonds. The van der Waals surface area contributed by atoms with Crippen molar-refractivity contribution in [2.24, 2.45) is 0 Å². The number of hydrogen-bond acceptors (Lipinski definition) is 6. The molecule has 0 saturated heterocycles. The molecule has 6 nitrogen and oxygen atoms in total. The standard InChI is InChI=1S/C46H46N2O4/c1-49-42-24-16-38(17-25-42)47(39-18-26-43(50-2)27-19-39)36-12-8-34(9-13-36)46(32-6-5-7-33-46)35-10-14-37(15-11-35)48(40-20-28-44(51-3)29-21-40)41-22-30-45(52-4)31-23-41/h8-31H,5-7,32-33H2,1-4H3. The van der Waals surface area contributed by atoms with Crippen LogP contribution >= 0.6 is 0 Å². The van der Waals surface area contributed by atoms with Crippen LogP contribution in [0.2, 0.25) is 0 Å². The van der Waals surface area contributed by atoms with Gasteiger partial charge in [0, 0.05) is 39.5 Å². The molecule has 7 rings (SSSR count). The summed E-state index contributed by atoms with van der Waals surface area (Å²) in [5.41, 5.74) is 9.06. The Labute approximate surface area is 307 Å². The molecule has 0 atom stereocenters. The van der Waals surface area contributed by atoms with Gasteiger partial charge in [-0.3, -0.25) is 0 Å². The van der Waals surface area contributed by atoms with Gasteiger partial charge in [-0.2, -0.15) is 0 Å². The number of ether oxygens (including phenoxy) is 4. The van der Waals surface area contributed by atoms with Crippen LogP contribution in [-0.4, -0.2) is 28.4 Å². The van der Waals surface area contributed by atoms with Crippen molar-refractivity contribution in [3.63, 3.8) is 0 Å². The van der Waals surface area contributed by atoms with Crippen LogP contribution < -0.4 is 28.7 Å². The molecule has 0 aromatic heterocycles. The Morgan fingerprint density at radius 3 is 0.788 bits per heavy atom. The summed E-state index contributed by atoms with van der Waals surface area (Å²) < 4.78 is 21.8. The monoisotopic (exact) mass is 690 g/mol. The highest BCUT2D eigenvalue weighted by molar-refractivity contribution is 5.78. The lowest BCUT2D eigenvalue weighted by Crippen LogP contribution is -2.30. The molecule has 1 fully saturated rings. The van der Waals surface area contributed by atoms with Gasteiger partial charge in [0.1, 0.15) is 23.0 Å². The first-order valence-corrected chi connectivity index (χ1v) is 17.9. The second kappa shape index (κ2) is 15.6. The first kappa shape index (κ1) is 34.6. The fraction of sp³-hybridized carbons (Fsp3) is 0.217. The molecule has 6 heteroatoms. The van der Waals surface area contributed by atoms with Crippen molar-refractivity contribution in [1.82, 2.24) is 0 Å². The lowest BCUT2D eigenvalue weighted by atomic mass is 9.65. The summed E-state index contributed by atoms with van der Waals surface area (Å²) in [6.45, 7) is 0. The molecule has 0 bridgehead atoms. The van der Waals surface area contributed by atoms with Gasteiger partial charge in [0.2, 0.25) is 0 Å². The van der Waals surface area contributed by atoms with Crippen LogP contribution in [0.1, 0.15) is 43.2 Å². The minimum Gasteiger partial charge on any atom is -0.497 e. The molecule has 1 aliphatic carbocycles. The third kappa shape index (κ3) is 7.02. The lowest BCUT2D eigenvalue weighted by Gasteiger charge is -2.39. The van der Waals surface area contributed by atoms with Crippen LogP contribution in [0.15, 0.2) is 146 Å². The highest BCUT2D eigenvalue weighted by Crippen LogP contribution is 2.47. The quantitative estimate of drug-likeness (QED) is 0.127. The third-order valence-electron chi connectivity index (χ3n) is 10.4. The summed E-state index contributed by atoms with van der Waals surface area (Å²) in [5.74, 6) is 3.32. The highest BCUT2D eigenvalue weighted by Gasteiger charge is 2.36. The summed E-state index contributed by atoms with van der Waals surface area (Å²) in [6.07, 6.45) is 5.91. The van der Waals surface area contributed by atoms with Crippen molar-refractivity contribution < 1.29 is 18.9 Å². The Balaban J connectivity index is 1.24. The SMILES string of the molecule is COc1ccc(N(c2ccc(OC)cc2)c2ccc(C3(c4ccc(N(c5ccc(OC)cc5)c5ccc(OC)cc5)cc4)CCCCC3)cc2)cc1. The number of anilines is 6. The normalized spacial score (nSPS) is 13.5. The third-order valence-corrected chi connectivity index (χ3v) is 10.4. The van der Waals surface area contributed by atoms with Gasteiger partial charge in [0.15, 0.2) is 0 Å². The van der Waals surface area contributed by atoms with Gasteiger partial charge >= 0.3 is 0 Å². The molecule has 1 saturated carbocycles. The topological polar surface area (TPSA) is 43.4 Å². The Hall–Kier alpha value is -5.88. The molecule has 0 heterocycles. The van der Waals surface area contributed by atoms with Gasteiger partial charge in [-0.25, -0.2) is 0 Å². The van der Waals surface area contributed by atoms with Crippen LogP contribution in [0.25, 0.3) is 0 Å².